The third kappa shape index (κ3) is 12.2. The number of hydrogen-bond donors (Lipinski definition) is 4. The van der Waals surface area contributed by atoms with Crippen LogP contribution in [0.15, 0.2) is 137 Å². The first-order valence-corrected chi connectivity index (χ1v) is 18.5. The second kappa shape index (κ2) is 20.6. The number of hydrogen-bond acceptors (Lipinski definition) is 9. The van der Waals surface area contributed by atoms with Crippen LogP contribution in [0.25, 0.3) is 32.3 Å². The summed E-state index contributed by atoms with van der Waals surface area (Å²) in [6.07, 6.45) is 7.00. The van der Waals surface area contributed by atoms with Gasteiger partial charge in [0.05, 0.1) is 0 Å². The van der Waals surface area contributed by atoms with Gasteiger partial charge < -0.3 is 5.11 Å². The number of aromatic hydroxyl groups is 1. The summed E-state index contributed by atoms with van der Waals surface area (Å²) < 4.78 is 101. The molecule has 0 spiro atoms. The van der Waals surface area contributed by atoms with E-state index in [-0.39, 0.29) is 111 Å². The zero-order valence-corrected chi connectivity index (χ0v) is 28.4. The van der Waals surface area contributed by atoms with Gasteiger partial charge in [0.25, 0.3) is 30.4 Å². The van der Waals surface area contributed by atoms with Crippen LogP contribution in [-0.2, 0) is 30.4 Å². The fourth-order valence-electron chi connectivity index (χ4n) is 4.87. The molecule has 0 unspecified atom stereocenters. The molecule has 2 heterocycles. The molecule has 2 aromatic heterocycles. The Labute approximate surface area is 368 Å². The number of phenols is 1. The van der Waals surface area contributed by atoms with E-state index in [0.717, 1.165) is 12.1 Å². The van der Waals surface area contributed by atoms with E-state index in [9.17, 15) is 44.0 Å². The average molecular weight is 795 g/mol. The Kier molecular flexibility index (Phi) is 19.0. The van der Waals surface area contributed by atoms with Gasteiger partial charge in [-0.15, -0.1) is 0 Å². The van der Waals surface area contributed by atoms with Crippen molar-refractivity contribution in [2.45, 2.75) is 28.5 Å². The predicted octanol–water partition coefficient (Wildman–Crippen LogP) is 4.55. The number of phenolic OH excluding ortho intramolecular Hbond substituents is 1. The van der Waals surface area contributed by atoms with Crippen molar-refractivity contribution in [3.05, 3.63) is 133 Å². The van der Waals surface area contributed by atoms with E-state index in [4.69, 9.17) is 0 Å². The first-order valence-electron chi connectivity index (χ1n) is 14.1. The van der Waals surface area contributed by atoms with E-state index < -0.39 is 55.8 Å². The van der Waals surface area contributed by atoms with Crippen LogP contribution in [0.3, 0.4) is 0 Å². The fourth-order valence-corrected chi connectivity index (χ4v) is 8.45. The Morgan fingerprint density at radius 1 is 0.442 bits per heavy atom. The van der Waals surface area contributed by atoms with Crippen LogP contribution in [0, 0.1) is 13.8 Å². The number of aromatic nitrogens is 2. The van der Waals surface area contributed by atoms with E-state index in [2.05, 4.69) is 48.1 Å². The van der Waals surface area contributed by atoms with E-state index in [1.54, 1.807) is 24.8 Å². The maximum atomic E-state index is 12.0. The van der Waals surface area contributed by atoms with Crippen molar-refractivity contribution in [3.8, 4) is 5.75 Å². The Morgan fingerprint density at radius 3 is 1.12 bits per heavy atom. The molecule has 0 amide bonds. The molecule has 7 rings (SSSR count). The van der Waals surface area contributed by atoms with Gasteiger partial charge in [0.1, 0.15) is 20.4 Å². The molecule has 0 atom stereocenters. The molecule has 0 saturated carbocycles. The molecule has 0 fully saturated rings. The summed E-state index contributed by atoms with van der Waals surface area (Å²) >= 11 is 0. The maximum absolute atomic E-state index is 12.0. The molecular weight excluding hydrogens is 762 g/mol. The van der Waals surface area contributed by atoms with Crippen LogP contribution in [0.4, 0.5) is 0 Å². The molecule has 0 aliphatic carbocycles. The Hall–Kier alpha value is -2.03. The van der Waals surface area contributed by atoms with Gasteiger partial charge in [-0.3, -0.25) is 23.6 Å². The van der Waals surface area contributed by atoms with Gasteiger partial charge in [-0.1, -0.05) is 71.8 Å². The number of benzene rings is 5. The SMILES string of the molecule is Cc1ccc(C)cc1.O=S(=O)(O)c1c(S(=O)(=O)O)c2ccc3ccc(O)c4ccc(c1S(=O)(=O)O)c2c34.[NaH].[NaH].[NaH].c1ccncc1.c1ccncc1. The van der Waals surface area contributed by atoms with Crippen molar-refractivity contribution in [2.75, 3.05) is 0 Å². The van der Waals surface area contributed by atoms with Crippen LogP contribution < -0.4 is 0 Å². The minimum atomic E-state index is -5.56. The van der Waals surface area contributed by atoms with Gasteiger partial charge in [-0.25, -0.2) is 0 Å². The topological polar surface area (TPSA) is 209 Å². The second-order valence-corrected chi connectivity index (χ2v) is 14.5. The monoisotopic (exact) mass is 794 g/mol. The Morgan fingerprint density at radius 2 is 0.788 bits per heavy atom. The summed E-state index contributed by atoms with van der Waals surface area (Å²) in [6, 6.07) is 27.5. The zero-order chi connectivity index (χ0) is 36.0. The first kappa shape index (κ1) is 48.0. The van der Waals surface area contributed by atoms with Gasteiger partial charge in [-0.05, 0) is 55.6 Å². The van der Waals surface area contributed by atoms with Crippen molar-refractivity contribution < 1.29 is 44.0 Å². The van der Waals surface area contributed by atoms with Crippen molar-refractivity contribution in [1.29, 1.82) is 0 Å². The molecule has 5 aromatic carbocycles. The summed E-state index contributed by atoms with van der Waals surface area (Å²) in [5, 5.41) is 9.89. The molecule has 0 aliphatic heterocycles. The second-order valence-electron chi connectivity index (χ2n) is 10.4. The van der Waals surface area contributed by atoms with Gasteiger partial charge in [-0.2, -0.15) is 25.3 Å². The minimum absolute atomic E-state index is 0. The van der Waals surface area contributed by atoms with Gasteiger partial charge in [0.15, 0.2) is 0 Å². The molecule has 52 heavy (non-hydrogen) atoms. The molecule has 4 N–H and O–H groups in total. The van der Waals surface area contributed by atoms with E-state index >= 15 is 0 Å². The molecule has 0 saturated heterocycles. The summed E-state index contributed by atoms with van der Waals surface area (Å²) in [6.45, 7) is 4.19. The van der Waals surface area contributed by atoms with Gasteiger partial charge >= 0.3 is 88.7 Å². The van der Waals surface area contributed by atoms with Crippen molar-refractivity contribution >= 4 is 151 Å². The largest absolute Gasteiger partial charge is 0.265 e. The van der Waals surface area contributed by atoms with E-state index in [0.29, 0.717) is 5.39 Å². The number of nitrogens with zero attached hydrogens (tertiary/aromatic N) is 2. The molecule has 18 heteroatoms. The summed E-state index contributed by atoms with van der Waals surface area (Å²) in [4.78, 5) is 3.09. The maximum Gasteiger partial charge on any atom is 0.0267 e. The van der Waals surface area contributed by atoms with Crippen LogP contribution in [-0.4, -0.2) is 143 Å². The molecule has 0 bridgehead atoms. The Bertz CT molecular complexity index is 2390. The smallest absolute Gasteiger partial charge is 0.0267 e. The number of pyridine rings is 2. The molecule has 260 valence electrons. The molecule has 12 nitrogen and oxygen atoms in total. The van der Waals surface area contributed by atoms with Crippen LogP contribution in [0.1, 0.15) is 11.1 Å². The fraction of sp³-hybridized carbons (Fsp3) is 0.0588. The molecule has 0 aliphatic rings. The number of rotatable bonds is 3. The van der Waals surface area contributed by atoms with Crippen LogP contribution in [0.2, 0.25) is 0 Å². The third-order valence-corrected chi connectivity index (χ3v) is 9.98. The molecular formula is C34H33N2Na3O10S3. The van der Waals surface area contributed by atoms with Crippen molar-refractivity contribution in [2.24, 2.45) is 0 Å². The standard InChI is InChI=1S/C16H10O10S3.C8H10.2C5H5N.3Na.3H/c17-11-6-2-7-1-3-9-13-10(5-4-8(11)12(7)13)15(28(21,22)23)16(29(24,25)26)14(9)27(18,19)20;1-7-3-5-8(2)6-4-7;2*1-2-4-6-5-3-1;;;;;;/h1-6,17H,(H,18,19,20)(H,21,22,23)(H,24,25,26);3-6H,1-2H3;2*1-5H;;;;;;. The molecule has 0 radical (unpaired) electrons. The zero-order valence-electron chi connectivity index (χ0n) is 25.9. The van der Waals surface area contributed by atoms with E-state index in [1.165, 1.54) is 35.4 Å². The van der Waals surface area contributed by atoms with Gasteiger partial charge in [0.2, 0.25) is 0 Å². The van der Waals surface area contributed by atoms with Crippen LogP contribution >= 0.6 is 0 Å². The Balaban J connectivity index is 0.000000477. The number of aryl methyl sites for hydroxylation is 2. The minimum Gasteiger partial charge on any atom is -0.265 e. The van der Waals surface area contributed by atoms with Crippen molar-refractivity contribution in [1.82, 2.24) is 9.97 Å². The van der Waals surface area contributed by atoms with E-state index in [1.807, 2.05) is 36.4 Å². The third-order valence-electron chi connectivity index (χ3n) is 6.92. The average Bonchev–Trinajstić information content (AvgIpc) is 3.06. The normalized spacial score (nSPS) is 10.9. The van der Waals surface area contributed by atoms with Crippen LogP contribution in [0.5, 0.6) is 5.75 Å². The first-order chi connectivity index (χ1) is 23.0. The summed E-state index contributed by atoms with van der Waals surface area (Å²) in [5.74, 6) is -0.229. The predicted molar refractivity (Wildman–Crippen MR) is 207 cm³/mol. The molecule has 7 aromatic rings. The summed E-state index contributed by atoms with van der Waals surface area (Å²) in [7, 11) is -16.4. The van der Waals surface area contributed by atoms with Gasteiger partial charge in [0, 0.05) is 51.7 Å². The summed E-state index contributed by atoms with van der Waals surface area (Å²) in [5.41, 5.74) is 2.66. The van der Waals surface area contributed by atoms with Crippen molar-refractivity contribution in [3.63, 3.8) is 0 Å². The quantitative estimate of drug-likeness (QED) is 0.110.